The predicted octanol–water partition coefficient (Wildman–Crippen LogP) is 5.08. The van der Waals surface area contributed by atoms with Gasteiger partial charge in [-0.25, -0.2) is 9.38 Å². The van der Waals surface area contributed by atoms with Crippen LogP contribution in [0.2, 0.25) is 0 Å². The fourth-order valence-electron chi connectivity index (χ4n) is 4.28. The maximum absolute atomic E-state index is 13.3. The Bertz CT molecular complexity index is 1080. The second-order valence-corrected chi connectivity index (χ2v) is 8.93. The second-order valence-electron chi connectivity index (χ2n) is 8.93. The van der Waals surface area contributed by atoms with Crippen molar-refractivity contribution in [2.75, 3.05) is 6.54 Å². The van der Waals surface area contributed by atoms with E-state index in [-0.39, 0.29) is 30.7 Å². The zero-order chi connectivity index (χ0) is 24.8. The fraction of sp³-hybridized carbons (Fsp3) is 0.370. The van der Waals surface area contributed by atoms with Gasteiger partial charge in [-0.2, -0.15) is 0 Å². The van der Waals surface area contributed by atoms with Gasteiger partial charge in [0.25, 0.3) is 5.91 Å². The minimum atomic E-state index is -0.951. The highest BCUT2D eigenvalue weighted by atomic mass is 19.1. The molecule has 2 unspecified atom stereocenters. The molecule has 0 saturated heterocycles. The molecule has 2 aromatic carbocycles. The highest BCUT2D eigenvalue weighted by Gasteiger charge is 2.32. The molecule has 0 spiro atoms. The topological polar surface area (TPSA) is 90.8 Å². The van der Waals surface area contributed by atoms with Gasteiger partial charge in [0.15, 0.2) is 0 Å². The maximum Gasteiger partial charge on any atom is 0.305 e. The molecule has 1 fully saturated rings. The van der Waals surface area contributed by atoms with Crippen LogP contribution < -0.4 is 10.6 Å². The summed E-state index contributed by atoms with van der Waals surface area (Å²) in [4.78, 5) is 27.7. The van der Waals surface area contributed by atoms with Crippen LogP contribution in [0.25, 0.3) is 0 Å². The van der Waals surface area contributed by atoms with E-state index < -0.39 is 5.97 Å². The third-order valence-electron chi connectivity index (χ3n) is 6.23. The number of carboxylic acid groups (broad SMARTS) is 1. The quantitative estimate of drug-likeness (QED) is 0.451. The van der Waals surface area contributed by atoms with E-state index in [9.17, 15) is 14.0 Å². The van der Waals surface area contributed by atoms with Crippen LogP contribution in [0, 0.1) is 17.7 Å². The van der Waals surface area contributed by atoms with E-state index in [1.807, 2.05) is 26.0 Å². The number of halogens is 1. The highest BCUT2D eigenvalue weighted by molar-refractivity contribution is 5.99. The molecule has 1 amide bonds. The first kappa shape index (κ1) is 25.1. The van der Waals surface area contributed by atoms with Gasteiger partial charge in [0.1, 0.15) is 11.6 Å². The lowest BCUT2D eigenvalue weighted by Crippen LogP contribution is -2.30. The monoisotopic (exact) mass is 465 g/mol. The van der Waals surface area contributed by atoms with Gasteiger partial charge in [-0.1, -0.05) is 38.1 Å². The number of aliphatic imine (C=N–C) groups is 1. The van der Waals surface area contributed by atoms with E-state index in [0.29, 0.717) is 17.4 Å². The summed E-state index contributed by atoms with van der Waals surface area (Å²) >= 11 is 0. The Morgan fingerprint density at radius 2 is 1.65 bits per heavy atom. The van der Waals surface area contributed by atoms with Crippen molar-refractivity contribution in [3.8, 4) is 0 Å². The summed E-state index contributed by atoms with van der Waals surface area (Å²) in [7, 11) is 0. The lowest BCUT2D eigenvalue weighted by atomic mass is 9.71. The molecule has 3 N–H and O–H groups in total. The molecule has 0 heterocycles. The third kappa shape index (κ3) is 6.31. The van der Waals surface area contributed by atoms with Gasteiger partial charge in [0, 0.05) is 23.9 Å². The molecule has 1 aliphatic rings. The summed E-state index contributed by atoms with van der Waals surface area (Å²) in [6.07, 6.45) is 1.00. The molecule has 3 atom stereocenters. The predicted molar refractivity (Wildman–Crippen MR) is 131 cm³/mol. The number of nitrogens with zero attached hydrogens (tertiary/aromatic N) is 1. The van der Waals surface area contributed by atoms with E-state index >= 15 is 0 Å². The molecule has 7 heteroatoms. The van der Waals surface area contributed by atoms with Crippen molar-refractivity contribution >= 4 is 17.6 Å². The van der Waals surface area contributed by atoms with E-state index in [4.69, 9.17) is 10.1 Å². The summed E-state index contributed by atoms with van der Waals surface area (Å²) in [5.74, 6) is 0.191. The molecule has 6 nitrogen and oxygen atoms in total. The summed E-state index contributed by atoms with van der Waals surface area (Å²) in [6.45, 7) is 8.45. The lowest BCUT2D eigenvalue weighted by Gasteiger charge is -2.36. The van der Waals surface area contributed by atoms with Crippen molar-refractivity contribution in [1.29, 1.82) is 0 Å². The Kier molecular flexibility index (Phi) is 8.21. The van der Waals surface area contributed by atoms with Crippen molar-refractivity contribution in [2.45, 2.75) is 46.6 Å². The molecule has 0 aliphatic heterocycles. The number of carbonyl (C=O) groups is 2. The Labute approximate surface area is 200 Å². The van der Waals surface area contributed by atoms with Crippen LogP contribution in [0.1, 0.15) is 68.1 Å². The smallest absolute Gasteiger partial charge is 0.305 e. The number of rotatable bonds is 9. The lowest BCUT2D eigenvalue weighted by molar-refractivity contribution is -0.136. The summed E-state index contributed by atoms with van der Waals surface area (Å²) < 4.78 is 13.3. The Balaban J connectivity index is 1.77. The van der Waals surface area contributed by atoms with Gasteiger partial charge >= 0.3 is 5.97 Å². The van der Waals surface area contributed by atoms with Gasteiger partial charge in [-0.15, -0.1) is 0 Å². The molecule has 0 radical (unpaired) electrons. The first-order chi connectivity index (χ1) is 16.2. The zero-order valence-electron chi connectivity index (χ0n) is 20.1. The van der Waals surface area contributed by atoms with Crippen LogP contribution in [0.4, 0.5) is 4.39 Å². The molecular formula is C27H32FN3O3. The Morgan fingerprint density at radius 3 is 2.21 bits per heavy atom. The van der Waals surface area contributed by atoms with E-state index in [1.165, 1.54) is 17.7 Å². The number of allylic oxidation sites excluding steroid dienone is 1. The van der Waals surface area contributed by atoms with Gasteiger partial charge in [-0.05, 0) is 73.1 Å². The summed E-state index contributed by atoms with van der Waals surface area (Å²) in [6, 6.07) is 13.5. The first-order valence-corrected chi connectivity index (χ1v) is 11.6. The van der Waals surface area contributed by atoms with Crippen molar-refractivity contribution in [3.63, 3.8) is 0 Å². The standard InChI is InChI=1S/C27H32FN3O3/c1-16-15-17(2)25(16)26(31-19(4)21-9-11-23(28)12-10-21)30-18(3)20-5-7-22(8-6-20)27(34)29-14-13-24(32)33/h5-12,16-18,30H,13-15H2,1-4H3,(H,29,34)(H,32,33)/b26-25?,31-19+/t16?,17?,18-/m1/s1. The maximum atomic E-state index is 13.3. The number of aliphatic carboxylic acids is 1. The Morgan fingerprint density at radius 1 is 1.06 bits per heavy atom. The number of hydrogen-bond acceptors (Lipinski definition) is 4. The number of nitrogens with one attached hydrogen (secondary N) is 2. The molecule has 34 heavy (non-hydrogen) atoms. The van der Waals surface area contributed by atoms with Crippen molar-refractivity contribution in [1.82, 2.24) is 10.6 Å². The van der Waals surface area contributed by atoms with Crippen molar-refractivity contribution in [2.24, 2.45) is 16.8 Å². The van der Waals surface area contributed by atoms with E-state index in [2.05, 4.69) is 24.5 Å². The fourth-order valence-corrected chi connectivity index (χ4v) is 4.28. The SMILES string of the molecule is C/C(=N\C(N[C@H](C)c1ccc(C(=O)NCCC(=O)O)cc1)=C1C(C)CC1C)c1ccc(F)cc1. The van der Waals surface area contributed by atoms with Crippen molar-refractivity contribution in [3.05, 3.63) is 82.4 Å². The largest absolute Gasteiger partial charge is 0.481 e. The second kappa shape index (κ2) is 11.1. The van der Waals surface area contributed by atoms with Gasteiger partial charge in [0.05, 0.1) is 6.42 Å². The molecule has 0 aromatic heterocycles. The molecule has 180 valence electrons. The van der Waals surface area contributed by atoms with Crippen LogP contribution in [0.3, 0.4) is 0 Å². The van der Waals surface area contributed by atoms with Crippen molar-refractivity contribution < 1.29 is 19.1 Å². The van der Waals surface area contributed by atoms with Crippen LogP contribution >= 0.6 is 0 Å². The number of carbonyl (C=O) groups excluding carboxylic acids is 1. The Hall–Kier alpha value is -3.48. The van der Waals surface area contributed by atoms with Gasteiger partial charge in [-0.3, -0.25) is 9.59 Å². The molecular weight excluding hydrogens is 433 g/mol. The van der Waals surface area contributed by atoms with Crippen LogP contribution in [0.15, 0.2) is 64.9 Å². The highest BCUT2D eigenvalue weighted by Crippen LogP contribution is 2.41. The normalized spacial score (nSPS) is 18.6. The summed E-state index contributed by atoms with van der Waals surface area (Å²) in [5, 5.41) is 14.9. The minimum Gasteiger partial charge on any atom is -0.481 e. The van der Waals surface area contributed by atoms with Crippen LogP contribution in [-0.4, -0.2) is 29.2 Å². The minimum absolute atomic E-state index is 0.0589. The number of amides is 1. The molecule has 3 rings (SSSR count). The third-order valence-corrected chi connectivity index (χ3v) is 6.23. The number of carboxylic acids is 1. The molecule has 0 bridgehead atoms. The van der Waals surface area contributed by atoms with Gasteiger partial charge < -0.3 is 15.7 Å². The molecule has 2 aromatic rings. The van der Waals surface area contributed by atoms with Crippen LogP contribution in [-0.2, 0) is 4.79 Å². The van der Waals surface area contributed by atoms with Crippen LogP contribution in [0.5, 0.6) is 0 Å². The first-order valence-electron chi connectivity index (χ1n) is 11.6. The average Bonchev–Trinajstić information content (AvgIpc) is 2.79. The van der Waals surface area contributed by atoms with E-state index in [1.54, 1.807) is 24.3 Å². The summed E-state index contributed by atoms with van der Waals surface area (Å²) in [5.41, 5.74) is 4.43. The van der Waals surface area contributed by atoms with Gasteiger partial charge in [0.2, 0.25) is 0 Å². The number of hydrogen-bond donors (Lipinski definition) is 3. The zero-order valence-corrected chi connectivity index (χ0v) is 20.1. The van der Waals surface area contributed by atoms with E-state index in [0.717, 1.165) is 29.1 Å². The number of benzene rings is 2. The molecule has 1 saturated carbocycles. The molecule has 1 aliphatic carbocycles. The average molecular weight is 466 g/mol.